The average molecular weight is 436 g/mol. The zero-order valence-electron chi connectivity index (χ0n) is 17.0. The van der Waals surface area contributed by atoms with Crippen molar-refractivity contribution in [3.63, 3.8) is 0 Å². The number of nitrogens with one attached hydrogen (secondary N) is 1. The Balaban J connectivity index is 1.38. The number of ether oxygens (including phenoxy) is 1. The first-order valence-electron chi connectivity index (χ1n) is 9.74. The fraction of sp³-hybridized carbons (Fsp3) is 0.227. The van der Waals surface area contributed by atoms with Crippen molar-refractivity contribution >= 4 is 34.2 Å². The molecule has 3 amide bonds. The van der Waals surface area contributed by atoms with Crippen LogP contribution >= 0.6 is 11.3 Å². The van der Waals surface area contributed by atoms with E-state index < -0.39 is 0 Å². The molecule has 1 aliphatic heterocycles. The number of carbonyl (C=O) groups is 3. The Hall–Kier alpha value is -3.59. The summed E-state index contributed by atoms with van der Waals surface area (Å²) in [6.07, 6.45) is 0. The molecule has 9 heteroatoms. The number of aromatic nitrogens is 2. The van der Waals surface area contributed by atoms with E-state index in [0.717, 1.165) is 16.2 Å². The molecule has 0 saturated carbocycles. The number of imide groups is 1. The minimum atomic E-state index is -0.360. The van der Waals surface area contributed by atoms with E-state index >= 15 is 0 Å². The Morgan fingerprint density at radius 1 is 1.03 bits per heavy atom. The first-order valence-corrected chi connectivity index (χ1v) is 10.6. The summed E-state index contributed by atoms with van der Waals surface area (Å²) in [7, 11) is 0. The molecule has 0 radical (unpaired) electrons. The van der Waals surface area contributed by atoms with E-state index in [1.807, 2.05) is 0 Å². The first kappa shape index (κ1) is 20.7. The number of hydrogen-bond donors (Lipinski definition) is 1. The Labute approximate surface area is 182 Å². The quantitative estimate of drug-likeness (QED) is 0.568. The molecular weight excluding hydrogens is 416 g/mol. The summed E-state index contributed by atoms with van der Waals surface area (Å²) in [5, 5.41) is 11.4. The van der Waals surface area contributed by atoms with E-state index in [1.54, 1.807) is 48.5 Å². The largest absolute Gasteiger partial charge is 0.493 e. The summed E-state index contributed by atoms with van der Waals surface area (Å²) in [5.74, 6) is 0.0560. The zero-order chi connectivity index (χ0) is 22.0. The molecule has 3 aromatic rings. The zero-order valence-corrected chi connectivity index (χ0v) is 17.8. The highest BCUT2D eigenvalue weighted by Gasteiger charge is 2.35. The molecule has 1 aliphatic rings. The van der Waals surface area contributed by atoms with Gasteiger partial charge < -0.3 is 4.74 Å². The molecule has 8 nitrogen and oxygen atoms in total. The van der Waals surface area contributed by atoms with Gasteiger partial charge in [0.05, 0.1) is 24.3 Å². The van der Waals surface area contributed by atoms with Crippen LogP contribution < -0.4 is 10.1 Å². The molecule has 31 heavy (non-hydrogen) atoms. The van der Waals surface area contributed by atoms with Crippen molar-refractivity contribution in [3.05, 3.63) is 70.2 Å². The average Bonchev–Trinajstić information content (AvgIpc) is 3.31. The Morgan fingerprint density at radius 2 is 1.68 bits per heavy atom. The lowest BCUT2D eigenvalue weighted by Gasteiger charge is -2.10. The van der Waals surface area contributed by atoms with E-state index in [9.17, 15) is 14.4 Å². The fourth-order valence-electron chi connectivity index (χ4n) is 3.02. The third kappa shape index (κ3) is 4.46. The lowest BCUT2D eigenvalue weighted by molar-refractivity contribution is 0.0641. The number of carbonyl (C=O) groups excluding carboxylic acids is 3. The Morgan fingerprint density at radius 3 is 2.29 bits per heavy atom. The second-order valence-corrected chi connectivity index (χ2v) is 8.49. The second-order valence-electron chi connectivity index (χ2n) is 7.43. The normalized spacial score (nSPS) is 12.9. The highest BCUT2D eigenvalue weighted by Crippen LogP contribution is 2.26. The van der Waals surface area contributed by atoms with Gasteiger partial charge in [-0.1, -0.05) is 37.3 Å². The summed E-state index contributed by atoms with van der Waals surface area (Å²) in [6.45, 7) is 4.73. The summed E-state index contributed by atoms with van der Waals surface area (Å²) in [6, 6.07) is 13.5. The molecule has 0 unspecified atom stereocenters. The number of fused-ring (bicyclic) bond motifs is 1. The molecule has 2 heterocycles. The monoisotopic (exact) mass is 436 g/mol. The van der Waals surface area contributed by atoms with Crippen LogP contribution in [0.4, 0.5) is 5.13 Å². The van der Waals surface area contributed by atoms with Gasteiger partial charge in [0.25, 0.3) is 17.7 Å². The summed E-state index contributed by atoms with van der Waals surface area (Å²) in [4.78, 5) is 38.5. The third-order valence-corrected chi connectivity index (χ3v) is 5.38. The molecule has 158 valence electrons. The summed E-state index contributed by atoms with van der Waals surface area (Å²) in [5.41, 5.74) is 1.21. The molecule has 4 rings (SSSR count). The molecular formula is C22H20N4O4S. The molecule has 0 atom stereocenters. The van der Waals surface area contributed by atoms with Crippen LogP contribution in [0.5, 0.6) is 5.75 Å². The Kier molecular flexibility index (Phi) is 5.77. The van der Waals surface area contributed by atoms with Crippen LogP contribution in [-0.2, 0) is 6.54 Å². The van der Waals surface area contributed by atoms with Crippen LogP contribution in [0.1, 0.15) is 49.9 Å². The van der Waals surface area contributed by atoms with Crippen molar-refractivity contribution in [1.82, 2.24) is 15.1 Å². The molecule has 0 saturated heterocycles. The van der Waals surface area contributed by atoms with Gasteiger partial charge >= 0.3 is 0 Å². The maximum absolute atomic E-state index is 12.5. The molecule has 1 aromatic heterocycles. The summed E-state index contributed by atoms with van der Waals surface area (Å²) >= 11 is 1.12. The van der Waals surface area contributed by atoms with Crippen molar-refractivity contribution < 1.29 is 19.1 Å². The van der Waals surface area contributed by atoms with Crippen LogP contribution in [0.15, 0.2) is 48.5 Å². The van der Waals surface area contributed by atoms with E-state index in [-0.39, 0.29) is 29.4 Å². The predicted octanol–water partition coefficient (Wildman–Crippen LogP) is 3.62. The minimum absolute atomic E-state index is 0.00176. The maximum atomic E-state index is 12.5. The van der Waals surface area contributed by atoms with Crippen molar-refractivity contribution in [1.29, 1.82) is 0 Å². The van der Waals surface area contributed by atoms with Gasteiger partial charge in [0.2, 0.25) is 5.13 Å². The molecule has 2 aromatic carbocycles. The number of hydrogen-bond acceptors (Lipinski definition) is 7. The molecule has 0 bridgehead atoms. The van der Waals surface area contributed by atoms with Crippen LogP contribution in [0, 0.1) is 5.92 Å². The number of rotatable bonds is 7. The minimum Gasteiger partial charge on any atom is -0.493 e. The van der Waals surface area contributed by atoms with Gasteiger partial charge in [-0.05, 0) is 42.3 Å². The van der Waals surface area contributed by atoms with Crippen molar-refractivity contribution in [3.8, 4) is 5.75 Å². The van der Waals surface area contributed by atoms with Gasteiger partial charge in [0, 0.05) is 5.56 Å². The van der Waals surface area contributed by atoms with Crippen LogP contribution in [0.2, 0.25) is 0 Å². The van der Waals surface area contributed by atoms with E-state index in [2.05, 4.69) is 29.4 Å². The van der Waals surface area contributed by atoms with Gasteiger partial charge in [-0.15, -0.1) is 10.2 Å². The lowest BCUT2D eigenvalue weighted by atomic mass is 10.1. The second kappa shape index (κ2) is 8.65. The topological polar surface area (TPSA) is 101 Å². The van der Waals surface area contributed by atoms with Crippen molar-refractivity contribution in [2.45, 2.75) is 20.4 Å². The molecule has 0 fully saturated rings. The highest BCUT2D eigenvalue weighted by atomic mass is 32.1. The Bertz CT molecular complexity index is 1110. The SMILES string of the molecule is CC(C)COc1ccc(C(=O)Nc2nnc(CN3C(=O)c4ccccc4C3=O)s2)cc1. The smallest absolute Gasteiger partial charge is 0.261 e. The van der Waals surface area contributed by atoms with Crippen LogP contribution in [0.3, 0.4) is 0 Å². The first-order chi connectivity index (χ1) is 14.9. The standard InChI is InChI=1S/C22H20N4O4S/c1-13(2)12-30-15-9-7-14(8-10-15)19(27)23-22-25-24-18(31-22)11-26-20(28)16-5-3-4-6-17(16)21(26)29/h3-10,13H,11-12H2,1-2H3,(H,23,25,27). The van der Waals surface area contributed by atoms with Crippen LogP contribution in [-0.4, -0.2) is 39.4 Å². The van der Waals surface area contributed by atoms with E-state index in [4.69, 9.17) is 4.74 Å². The third-order valence-electron chi connectivity index (χ3n) is 4.56. The maximum Gasteiger partial charge on any atom is 0.261 e. The number of nitrogens with zero attached hydrogens (tertiary/aromatic N) is 3. The molecule has 0 aliphatic carbocycles. The van der Waals surface area contributed by atoms with E-state index in [0.29, 0.717) is 40.0 Å². The predicted molar refractivity (Wildman–Crippen MR) is 115 cm³/mol. The van der Waals surface area contributed by atoms with Crippen molar-refractivity contribution in [2.24, 2.45) is 5.92 Å². The fourth-order valence-corrected chi connectivity index (χ4v) is 3.74. The van der Waals surface area contributed by atoms with Gasteiger partial charge in [0.1, 0.15) is 10.8 Å². The number of benzene rings is 2. The van der Waals surface area contributed by atoms with E-state index in [1.165, 1.54) is 0 Å². The highest BCUT2D eigenvalue weighted by molar-refractivity contribution is 7.15. The molecule has 1 N–H and O–H groups in total. The van der Waals surface area contributed by atoms with Gasteiger partial charge in [-0.3, -0.25) is 24.6 Å². The molecule has 0 spiro atoms. The van der Waals surface area contributed by atoms with Crippen LogP contribution in [0.25, 0.3) is 0 Å². The summed E-state index contributed by atoms with van der Waals surface area (Å²) < 4.78 is 5.62. The number of anilines is 1. The van der Waals surface area contributed by atoms with Crippen molar-refractivity contribution in [2.75, 3.05) is 11.9 Å². The van der Waals surface area contributed by atoms with Gasteiger partial charge in [-0.2, -0.15) is 0 Å². The van der Waals surface area contributed by atoms with Gasteiger partial charge in [0.15, 0.2) is 0 Å². The number of amides is 3. The van der Waals surface area contributed by atoms with Gasteiger partial charge in [-0.25, -0.2) is 0 Å². The lowest BCUT2D eigenvalue weighted by Crippen LogP contribution is -2.29.